The Kier molecular flexibility index (Phi) is 4.77. The molecule has 116 valence electrons. The molecule has 0 saturated heterocycles. The van der Waals surface area contributed by atoms with Crippen molar-refractivity contribution in [1.29, 1.82) is 0 Å². The first-order valence-corrected chi connectivity index (χ1v) is 6.87. The zero-order valence-corrected chi connectivity index (χ0v) is 12.5. The van der Waals surface area contributed by atoms with E-state index in [4.69, 9.17) is 10.5 Å². The number of ether oxygens (including phenoxy) is 1. The van der Waals surface area contributed by atoms with Gasteiger partial charge < -0.3 is 15.8 Å². The van der Waals surface area contributed by atoms with E-state index in [0.717, 1.165) is 6.42 Å². The quantitative estimate of drug-likeness (QED) is 0.749. The Hall–Kier alpha value is -2.83. The van der Waals surface area contributed by atoms with Crippen LogP contribution in [-0.2, 0) is 11.2 Å². The predicted octanol–water partition coefficient (Wildman–Crippen LogP) is 1.40. The van der Waals surface area contributed by atoms with E-state index in [1.807, 2.05) is 24.3 Å². The molecule has 1 aromatic carbocycles. The van der Waals surface area contributed by atoms with Gasteiger partial charge in [-0.3, -0.25) is 14.7 Å². The molecule has 7 heteroatoms. The zero-order chi connectivity index (χ0) is 16.1. The van der Waals surface area contributed by atoms with Gasteiger partial charge in [-0.2, -0.15) is 5.10 Å². The van der Waals surface area contributed by atoms with Gasteiger partial charge in [0.15, 0.2) is 12.3 Å². The van der Waals surface area contributed by atoms with Crippen LogP contribution < -0.4 is 15.8 Å². The van der Waals surface area contributed by atoms with Gasteiger partial charge in [0.2, 0.25) is 0 Å². The summed E-state index contributed by atoms with van der Waals surface area (Å²) in [5.41, 5.74) is 7.21. The third kappa shape index (κ3) is 3.63. The lowest BCUT2D eigenvalue weighted by atomic mass is 10.2. The Labute approximate surface area is 127 Å². The number of nitrogens with one attached hydrogen (secondary N) is 2. The highest BCUT2D eigenvalue weighted by Crippen LogP contribution is 2.17. The number of nitrogens with two attached hydrogens (primary N) is 1. The minimum Gasteiger partial charge on any atom is -0.484 e. The van der Waals surface area contributed by atoms with Gasteiger partial charge in [0.05, 0.1) is 11.4 Å². The van der Waals surface area contributed by atoms with Gasteiger partial charge in [-0.15, -0.1) is 0 Å². The highest BCUT2D eigenvalue weighted by molar-refractivity contribution is 6.02. The first-order valence-electron chi connectivity index (χ1n) is 6.87. The van der Waals surface area contributed by atoms with E-state index in [2.05, 4.69) is 22.4 Å². The normalized spacial score (nSPS) is 10.3. The van der Waals surface area contributed by atoms with E-state index in [0.29, 0.717) is 11.4 Å². The summed E-state index contributed by atoms with van der Waals surface area (Å²) >= 11 is 0. The number of aromatic amines is 1. The van der Waals surface area contributed by atoms with Crippen LogP contribution >= 0.6 is 0 Å². The molecular formula is C15H18N4O3. The molecule has 2 amide bonds. The summed E-state index contributed by atoms with van der Waals surface area (Å²) in [5, 5.41) is 8.93. The van der Waals surface area contributed by atoms with Crippen LogP contribution in [0, 0.1) is 6.92 Å². The van der Waals surface area contributed by atoms with Gasteiger partial charge in [0.25, 0.3) is 11.8 Å². The Bertz CT molecular complexity index is 677. The SMILES string of the molecule is CCc1ccc(OCC(=O)Nc2c(C(N)=O)n[nH]c2C)cc1. The fourth-order valence-electron chi connectivity index (χ4n) is 1.91. The highest BCUT2D eigenvalue weighted by Gasteiger charge is 2.17. The van der Waals surface area contributed by atoms with Crippen molar-refractivity contribution in [1.82, 2.24) is 10.2 Å². The zero-order valence-electron chi connectivity index (χ0n) is 12.5. The summed E-state index contributed by atoms with van der Waals surface area (Å²) in [6.45, 7) is 3.57. The molecule has 2 aromatic rings. The summed E-state index contributed by atoms with van der Waals surface area (Å²) in [7, 11) is 0. The van der Waals surface area contributed by atoms with Crippen LogP contribution in [0.25, 0.3) is 0 Å². The molecular weight excluding hydrogens is 284 g/mol. The molecule has 0 aliphatic carbocycles. The molecule has 0 bridgehead atoms. The number of anilines is 1. The van der Waals surface area contributed by atoms with Crippen molar-refractivity contribution in [2.45, 2.75) is 20.3 Å². The smallest absolute Gasteiger partial charge is 0.271 e. The predicted molar refractivity (Wildman–Crippen MR) is 81.8 cm³/mol. The number of carbonyl (C=O) groups is 2. The molecule has 0 fully saturated rings. The summed E-state index contributed by atoms with van der Waals surface area (Å²) in [4.78, 5) is 23.1. The lowest BCUT2D eigenvalue weighted by Crippen LogP contribution is -2.23. The van der Waals surface area contributed by atoms with E-state index in [1.165, 1.54) is 5.56 Å². The summed E-state index contributed by atoms with van der Waals surface area (Å²) < 4.78 is 5.40. The molecule has 0 spiro atoms. The Morgan fingerprint density at radius 3 is 2.59 bits per heavy atom. The van der Waals surface area contributed by atoms with Crippen LogP contribution in [0.4, 0.5) is 5.69 Å². The van der Waals surface area contributed by atoms with Crippen LogP contribution in [-0.4, -0.2) is 28.6 Å². The van der Waals surface area contributed by atoms with E-state index >= 15 is 0 Å². The number of benzene rings is 1. The molecule has 1 aromatic heterocycles. The Balaban J connectivity index is 1.95. The number of hydrogen-bond acceptors (Lipinski definition) is 4. The van der Waals surface area contributed by atoms with Crippen molar-refractivity contribution < 1.29 is 14.3 Å². The molecule has 0 radical (unpaired) electrons. The molecule has 7 nitrogen and oxygen atoms in total. The van der Waals surface area contributed by atoms with E-state index < -0.39 is 11.8 Å². The van der Waals surface area contributed by atoms with E-state index in [1.54, 1.807) is 6.92 Å². The van der Waals surface area contributed by atoms with Gasteiger partial charge in [-0.1, -0.05) is 19.1 Å². The number of aryl methyl sites for hydroxylation is 2. The first-order chi connectivity index (χ1) is 10.5. The number of carbonyl (C=O) groups excluding carboxylic acids is 2. The van der Waals surface area contributed by atoms with Crippen molar-refractivity contribution in [3.8, 4) is 5.75 Å². The lowest BCUT2D eigenvalue weighted by Gasteiger charge is -2.08. The molecule has 0 aliphatic rings. The topological polar surface area (TPSA) is 110 Å². The molecule has 0 atom stereocenters. The maximum atomic E-state index is 11.9. The number of H-pyrrole nitrogens is 1. The second-order valence-corrected chi connectivity index (χ2v) is 4.77. The second kappa shape index (κ2) is 6.75. The van der Waals surface area contributed by atoms with Gasteiger partial charge in [0, 0.05) is 0 Å². The highest BCUT2D eigenvalue weighted by atomic mass is 16.5. The average molecular weight is 302 g/mol. The number of primary amides is 1. The van der Waals surface area contributed by atoms with Gasteiger partial charge in [0.1, 0.15) is 5.75 Å². The first kappa shape index (κ1) is 15.6. The number of amides is 2. The van der Waals surface area contributed by atoms with Crippen LogP contribution in [0.3, 0.4) is 0 Å². The molecule has 0 unspecified atom stereocenters. The Morgan fingerprint density at radius 1 is 1.32 bits per heavy atom. The standard InChI is InChI=1S/C15H18N4O3/c1-3-10-4-6-11(7-5-10)22-8-12(20)17-13-9(2)18-19-14(13)15(16)21/h4-7H,3,8H2,1-2H3,(H2,16,21)(H,17,20)(H,18,19). The molecule has 0 aliphatic heterocycles. The fraction of sp³-hybridized carbons (Fsp3) is 0.267. The fourth-order valence-corrected chi connectivity index (χ4v) is 1.91. The number of aromatic nitrogens is 2. The molecule has 22 heavy (non-hydrogen) atoms. The maximum absolute atomic E-state index is 11.9. The van der Waals surface area contributed by atoms with Crippen molar-refractivity contribution >= 4 is 17.5 Å². The molecule has 2 rings (SSSR count). The van der Waals surface area contributed by atoms with Crippen molar-refractivity contribution in [3.05, 3.63) is 41.2 Å². The summed E-state index contributed by atoms with van der Waals surface area (Å²) in [5.74, 6) is -0.506. The average Bonchev–Trinajstić information content (AvgIpc) is 2.87. The molecule has 0 saturated carbocycles. The van der Waals surface area contributed by atoms with E-state index in [9.17, 15) is 9.59 Å². The minimum absolute atomic E-state index is 0.00171. The summed E-state index contributed by atoms with van der Waals surface area (Å²) in [6, 6.07) is 7.51. The Morgan fingerprint density at radius 2 is 2.00 bits per heavy atom. The lowest BCUT2D eigenvalue weighted by molar-refractivity contribution is -0.118. The van der Waals surface area contributed by atoms with Gasteiger partial charge in [-0.05, 0) is 31.0 Å². The van der Waals surface area contributed by atoms with Crippen molar-refractivity contribution in [2.75, 3.05) is 11.9 Å². The van der Waals surface area contributed by atoms with Crippen LogP contribution in [0.2, 0.25) is 0 Å². The monoisotopic (exact) mass is 302 g/mol. The van der Waals surface area contributed by atoms with Crippen molar-refractivity contribution in [2.24, 2.45) is 5.73 Å². The number of rotatable bonds is 6. The van der Waals surface area contributed by atoms with Crippen LogP contribution in [0.1, 0.15) is 28.7 Å². The van der Waals surface area contributed by atoms with Gasteiger partial charge >= 0.3 is 0 Å². The largest absolute Gasteiger partial charge is 0.484 e. The number of nitrogens with zero attached hydrogens (tertiary/aromatic N) is 1. The third-order valence-electron chi connectivity index (χ3n) is 3.15. The second-order valence-electron chi connectivity index (χ2n) is 4.77. The molecule has 1 heterocycles. The van der Waals surface area contributed by atoms with Crippen LogP contribution in [0.5, 0.6) is 5.75 Å². The maximum Gasteiger partial charge on any atom is 0.271 e. The van der Waals surface area contributed by atoms with E-state index in [-0.39, 0.29) is 18.0 Å². The van der Waals surface area contributed by atoms with Crippen LogP contribution in [0.15, 0.2) is 24.3 Å². The third-order valence-corrected chi connectivity index (χ3v) is 3.15. The minimum atomic E-state index is -0.712. The summed E-state index contributed by atoms with van der Waals surface area (Å²) in [6.07, 6.45) is 0.941. The number of hydrogen-bond donors (Lipinski definition) is 3. The van der Waals surface area contributed by atoms with Crippen molar-refractivity contribution in [3.63, 3.8) is 0 Å². The van der Waals surface area contributed by atoms with Gasteiger partial charge in [-0.25, -0.2) is 0 Å². The molecule has 4 N–H and O–H groups in total.